The summed E-state index contributed by atoms with van der Waals surface area (Å²) in [5.74, 6) is -2.37. The molecule has 5 nitrogen and oxygen atoms in total. The van der Waals surface area contributed by atoms with Crippen molar-refractivity contribution in [2.45, 2.75) is 46.8 Å². The maximum absolute atomic E-state index is 12.4. The number of carbonyl (C=O) groups excluding carboxylic acids is 1. The Kier molecular flexibility index (Phi) is 4.37. The van der Waals surface area contributed by atoms with E-state index in [2.05, 4.69) is 0 Å². The Morgan fingerprint density at radius 1 is 1.33 bits per heavy atom. The molecule has 0 bridgehead atoms. The van der Waals surface area contributed by atoms with Crippen molar-refractivity contribution >= 4 is 11.9 Å². The third-order valence-corrected chi connectivity index (χ3v) is 3.25. The van der Waals surface area contributed by atoms with E-state index in [4.69, 9.17) is 4.74 Å². The van der Waals surface area contributed by atoms with Crippen molar-refractivity contribution < 1.29 is 19.4 Å². The number of rotatable bonds is 2. The molecule has 1 saturated heterocycles. The van der Waals surface area contributed by atoms with Gasteiger partial charge in [-0.2, -0.15) is 0 Å². The fourth-order valence-electron chi connectivity index (χ4n) is 2.22. The molecule has 0 aromatic rings. The SMILES string of the molecule is CC1CN(C(=O)C(C(=O)O)C(C)(C)C)C(C)CO1. The Labute approximate surface area is 108 Å². The number of aliphatic carboxylic acids is 1. The predicted octanol–water partition coefficient (Wildman–Crippen LogP) is 1.37. The minimum Gasteiger partial charge on any atom is -0.481 e. The van der Waals surface area contributed by atoms with Crippen LogP contribution >= 0.6 is 0 Å². The number of hydrogen-bond acceptors (Lipinski definition) is 3. The summed E-state index contributed by atoms with van der Waals surface area (Å²) in [6.45, 7) is 10.0. The molecule has 1 fully saturated rings. The summed E-state index contributed by atoms with van der Waals surface area (Å²) >= 11 is 0. The van der Waals surface area contributed by atoms with Crippen molar-refractivity contribution in [2.75, 3.05) is 13.2 Å². The van der Waals surface area contributed by atoms with Crippen molar-refractivity contribution in [3.8, 4) is 0 Å². The Morgan fingerprint density at radius 2 is 1.89 bits per heavy atom. The van der Waals surface area contributed by atoms with Crippen LogP contribution in [0, 0.1) is 11.3 Å². The number of morpholine rings is 1. The quantitative estimate of drug-likeness (QED) is 0.759. The first-order valence-electron chi connectivity index (χ1n) is 6.29. The maximum atomic E-state index is 12.4. The standard InChI is InChI=1S/C13H23NO4/c1-8-7-18-9(2)6-14(8)11(15)10(12(16)17)13(3,4)5/h8-10H,6-7H2,1-5H3,(H,16,17). The zero-order chi connectivity index (χ0) is 14.1. The van der Waals surface area contributed by atoms with Gasteiger partial charge in [0.25, 0.3) is 0 Å². The van der Waals surface area contributed by atoms with Gasteiger partial charge < -0.3 is 14.7 Å². The molecule has 1 heterocycles. The van der Waals surface area contributed by atoms with Gasteiger partial charge in [0.15, 0.2) is 0 Å². The van der Waals surface area contributed by atoms with Crippen molar-refractivity contribution in [1.82, 2.24) is 4.90 Å². The molecule has 0 aliphatic carbocycles. The van der Waals surface area contributed by atoms with Gasteiger partial charge in [0.05, 0.1) is 18.8 Å². The Hall–Kier alpha value is -1.10. The van der Waals surface area contributed by atoms with Crippen LogP contribution in [0.1, 0.15) is 34.6 Å². The number of nitrogens with zero attached hydrogens (tertiary/aromatic N) is 1. The minimum absolute atomic E-state index is 0.0421. The molecule has 3 unspecified atom stereocenters. The molecule has 0 aromatic carbocycles. The van der Waals surface area contributed by atoms with E-state index in [0.29, 0.717) is 13.2 Å². The van der Waals surface area contributed by atoms with Crippen LogP contribution in [0.15, 0.2) is 0 Å². The second-order valence-corrected chi connectivity index (χ2v) is 6.12. The monoisotopic (exact) mass is 257 g/mol. The molecule has 0 spiro atoms. The molecule has 1 aliphatic rings. The van der Waals surface area contributed by atoms with Gasteiger partial charge in [0.1, 0.15) is 5.92 Å². The van der Waals surface area contributed by atoms with Gasteiger partial charge in [-0.15, -0.1) is 0 Å². The Morgan fingerprint density at radius 3 is 2.33 bits per heavy atom. The first kappa shape index (κ1) is 15.0. The fourth-order valence-corrected chi connectivity index (χ4v) is 2.22. The lowest BCUT2D eigenvalue weighted by molar-refractivity contribution is -0.162. The minimum atomic E-state index is -1.06. The molecule has 0 radical (unpaired) electrons. The third-order valence-electron chi connectivity index (χ3n) is 3.25. The van der Waals surface area contributed by atoms with Crippen LogP contribution in [0.3, 0.4) is 0 Å². The summed E-state index contributed by atoms with van der Waals surface area (Å²) in [5.41, 5.74) is -0.593. The molecule has 1 rings (SSSR count). The van der Waals surface area contributed by atoms with Gasteiger partial charge in [-0.25, -0.2) is 0 Å². The van der Waals surface area contributed by atoms with E-state index in [1.54, 1.807) is 25.7 Å². The summed E-state index contributed by atoms with van der Waals surface area (Å²) in [4.78, 5) is 25.4. The lowest BCUT2D eigenvalue weighted by Gasteiger charge is -2.40. The lowest BCUT2D eigenvalue weighted by Crippen LogP contribution is -2.55. The van der Waals surface area contributed by atoms with E-state index in [9.17, 15) is 14.7 Å². The van der Waals surface area contributed by atoms with Crippen LogP contribution < -0.4 is 0 Å². The summed E-state index contributed by atoms with van der Waals surface area (Å²) in [6.07, 6.45) is -0.0421. The van der Waals surface area contributed by atoms with Crippen LogP contribution in [0.4, 0.5) is 0 Å². The summed E-state index contributed by atoms with van der Waals surface area (Å²) in [6, 6.07) is -0.0714. The molecule has 104 valence electrons. The Balaban J connectivity index is 2.92. The highest BCUT2D eigenvalue weighted by Gasteiger charge is 2.42. The van der Waals surface area contributed by atoms with E-state index in [1.807, 2.05) is 13.8 Å². The zero-order valence-electron chi connectivity index (χ0n) is 11.8. The molecule has 3 atom stereocenters. The van der Waals surface area contributed by atoms with E-state index in [1.165, 1.54) is 0 Å². The Bertz CT molecular complexity index is 334. The van der Waals surface area contributed by atoms with Crippen LogP contribution in [0.2, 0.25) is 0 Å². The molecule has 1 aliphatic heterocycles. The molecular weight excluding hydrogens is 234 g/mol. The highest BCUT2D eigenvalue weighted by molar-refractivity contribution is 5.98. The van der Waals surface area contributed by atoms with E-state index >= 15 is 0 Å². The number of ether oxygens (including phenoxy) is 1. The van der Waals surface area contributed by atoms with E-state index < -0.39 is 17.3 Å². The molecule has 0 saturated carbocycles. The average Bonchev–Trinajstić information content (AvgIpc) is 2.18. The van der Waals surface area contributed by atoms with Crippen LogP contribution in [-0.4, -0.2) is 47.2 Å². The van der Waals surface area contributed by atoms with Crippen LogP contribution in [0.5, 0.6) is 0 Å². The molecular formula is C13H23NO4. The first-order chi connectivity index (χ1) is 8.14. The van der Waals surface area contributed by atoms with E-state index in [-0.39, 0.29) is 18.1 Å². The van der Waals surface area contributed by atoms with Crippen molar-refractivity contribution in [3.63, 3.8) is 0 Å². The van der Waals surface area contributed by atoms with Crippen molar-refractivity contribution in [3.05, 3.63) is 0 Å². The highest BCUT2D eigenvalue weighted by atomic mass is 16.5. The molecule has 1 N–H and O–H groups in total. The lowest BCUT2D eigenvalue weighted by atomic mass is 9.79. The normalized spacial score (nSPS) is 26.8. The van der Waals surface area contributed by atoms with Crippen LogP contribution in [-0.2, 0) is 14.3 Å². The van der Waals surface area contributed by atoms with E-state index in [0.717, 1.165) is 0 Å². The van der Waals surface area contributed by atoms with Gasteiger partial charge in [0, 0.05) is 6.54 Å². The van der Waals surface area contributed by atoms with Gasteiger partial charge >= 0.3 is 5.97 Å². The number of amides is 1. The zero-order valence-corrected chi connectivity index (χ0v) is 11.8. The molecule has 18 heavy (non-hydrogen) atoms. The third kappa shape index (κ3) is 3.22. The second kappa shape index (κ2) is 5.26. The van der Waals surface area contributed by atoms with Crippen LogP contribution in [0.25, 0.3) is 0 Å². The van der Waals surface area contributed by atoms with Gasteiger partial charge in [-0.05, 0) is 19.3 Å². The summed E-state index contributed by atoms with van der Waals surface area (Å²) in [7, 11) is 0. The number of hydrogen-bond donors (Lipinski definition) is 1. The number of carbonyl (C=O) groups is 2. The largest absolute Gasteiger partial charge is 0.481 e. The van der Waals surface area contributed by atoms with Gasteiger partial charge in [-0.3, -0.25) is 9.59 Å². The molecule has 1 amide bonds. The highest BCUT2D eigenvalue weighted by Crippen LogP contribution is 2.29. The van der Waals surface area contributed by atoms with Crippen molar-refractivity contribution in [2.24, 2.45) is 11.3 Å². The molecule has 0 aromatic heterocycles. The van der Waals surface area contributed by atoms with Crippen molar-refractivity contribution in [1.29, 1.82) is 0 Å². The first-order valence-corrected chi connectivity index (χ1v) is 6.29. The number of carboxylic acids is 1. The average molecular weight is 257 g/mol. The summed E-state index contributed by atoms with van der Waals surface area (Å²) < 4.78 is 5.45. The smallest absolute Gasteiger partial charge is 0.316 e. The topological polar surface area (TPSA) is 66.8 Å². The van der Waals surface area contributed by atoms with Gasteiger partial charge in [-0.1, -0.05) is 20.8 Å². The molecule has 5 heteroatoms. The number of carboxylic acid groups (broad SMARTS) is 1. The predicted molar refractivity (Wildman–Crippen MR) is 67.2 cm³/mol. The second-order valence-electron chi connectivity index (χ2n) is 6.12. The summed E-state index contributed by atoms with van der Waals surface area (Å²) in [5, 5.41) is 9.28. The maximum Gasteiger partial charge on any atom is 0.316 e. The van der Waals surface area contributed by atoms with Gasteiger partial charge in [0.2, 0.25) is 5.91 Å². The fraction of sp³-hybridized carbons (Fsp3) is 0.846.